The van der Waals surface area contributed by atoms with E-state index in [4.69, 9.17) is 15.9 Å². The fourth-order valence-corrected chi connectivity index (χ4v) is 0.981. The first-order valence-electron chi connectivity index (χ1n) is 4.34. The Kier molecular flexibility index (Phi) is 3.91. The monoisotopic (exact) mass is 229 g/mol. The van der Waals surface area contributed by atoms with Gasteiger partial charge in [0.05, 0.1) is 17.6 Å². The lowest BCUT2D eigenvalue weighted by molar-refractivity contribution is -0.383. The van der Waals surface area contributed by atoms with E-state index in [-0.39, 0.29) is 18.2 Å². The summed E-state index contributed by atoms with van der Waals surface area (Å²) in [6.07, 6.45) is 0.0338. The van der Waals surface area contributed by atoms with Crippen LogP contribution in [0.3, 0.4) is 0 Å². The summed E-state index contributed by atoms with van der Waals surface area (Å²) in [7, 11) is 0. The Balaban J connectivity index is 2.87. The van der Waals surface area contributed by atoms with Crippen LogP contribution in [-0.2, 0) is 0 Å². The summed E-state index contributed by atoms with van der Waals surface area (Å²) in [5, 5.41) is 30.8. The molecule has 1 atom stereocenters. The number of rotatable bonds is 5. The van der Waals surface area contributed by atoms with Gasteiger partial charge in [0, 0.05) is 6.54 Å². The van der Waals surface area contributed by atoms with E-state index in [1.165, 1.54) is 0 Å². The maximum atomic E-state index is 10.7. The molecule has 1 aromatic heterocycles. The van der Waals surface area contributed by atoms with Crippen LogP contribution >= 0.6 is 0 Å². The molecule has 0 aliphatic heterocycles. The zero-order valence-electron chi connectivity index (χ0n) is 8.20. The molecule has 5 N–H and O–H groups in total. The van der Waals surface area contributed by atoms with E-state index in [1.54, 1.807) is 0 Å². The third-order valence-corrected chi connectivity index (χ3v) is 1.75. The van der Waals surface area contributed by atoms with Crippen LogP contribution in [0.5, 0.6) is 0 Å². The highest BCUT2D eigenvalue weighted by atomic mass is 16.6. The van der Waals surface area contributed by atoms with Gasteiger partial charge < -0.3 is 21.3 Å². The predicted octanol–water partition coefficient (Wildman–Crippen LogP) is -1.27. The molecule has 0 bridgehead atoms. The fourth-order valence-electron chi connectivity index (χ4n) is 0.981. The molecule has 0 aromatic carbocycles. The first kappa shape index (κ1) is 12.1. The van der Waals surface area contributed by atoms with Gasteiger partial charge in [0.25, 0.3) is 0 Å². The minimum atomic E-state index is -1.03. The number of nitro groups is 1. The van der Waals surface area contributed by atoms with Crippen molar-refractivity contribution in [2.75, 3.05) is 24.2 Å². The highest BCUT2D eigenvalue weighted by molar-refractivity contribution is 5.67. The summed E-state index contributed by atoms with van der Waals surface area (Å²) >= 11 is 0. The van der Waals surface area contributed by atoms with Crippen molar-refractivity contribution in [2.24, 2.45) is 0 Å². The number of aliphatic hydroxyl groups excluding tert-OH is 2. The summed E-state index contributed by atoms with van der Waals surface area (Å²) in [5.41, 5.74) is 4.87. The van der Waals surface area contributed by atoms with Crippen LogP contribution in [0.4, 0.5) is 17.3 Å². The largest absolute Gasteiger partial charge is 0.394 e. The maximum absolute atomic E-state index is 10.7. The van der Waals surface area contributed by atoms with Crippen molar-refractivity contribution in [3.8, 4) is 0 Å². The van der Waals surface area contributed by atoms with E-state index < -0.39 is 23.3 Å². The Morgan fingerprint density at radius 2 is 2.31 bits per heavy atom. The van der Waals surface area contributed by atoms with E-state index in [0.717, 1.165) is 6.33 Å². The zero-order valence-corrected chi connectivity index (χ0v) is 8.20. The van der Waals surface area contributed by atoms with Gasteiger partial charge in [0.15, 0.2) is 0 Å². The van der Waals surface area contributed by atoms with Gasteiger partial charge in [-0.05, 0) is 0 Å². The van der Waals surface area contributed by atoms with E-state index in [2.05, 4.69) is 15.3 Å². The number of nitrogens with zero attached hydrogens (tertiary/aromatic N) is 3. The van der Waals surface area contributed by atoms with Crippen LogP contribution in [0.1, 0.15) is 0 Å². The lowest BCUT2D eigenvalue weighted by Crippen LogP contribution is -2.24. The Bertz CT molecular complexity index is 385. The number of hydrogen-bond donors (Lipinski definition) is 4. The highest BCUT2D eigenvalue weighted by Gasteiger charge is 2.20. The van der Waals surface area contributed by atoms with Crippen molar-refractivity contribution in [3.63, 3.8) is 0 Å². The van der Waals surface area contributed by atoms with Gasteiger partial charge in [0.1, 0.15) is 6.33 Å². The molecule has 0 aliphatic rings. The van der Waals surface area contributed by atoms with Gasteiger partial charge in [-0.2, -0.15) is 0 Å². The Morgan fingerprint density at radius 1 is 1.62 bits per heavy atom. The molecule has 0 saturated carbocycles. The molecule has 0 radical (unpaired) electrons. The summed E-state index contributed by atoms with van der Waals surface area (Å²) in [5.74, 6) is -0.356. The van der Waals surface area contributed by atoms with Crippen LogP contribution in [0.2, 0.25) is 0 Å². The van der Waals surface area contributed by atoms with Crippen molar-refractivity contribution in [1.29, 1.82) is 0 Å². The molecule has 1 aromatic rings. The van der Waals surface area contributed by atoms with Crippen LogP contribution in [0.25, 0.3) is 0 Å². The van der Waals surface area contributed by atoms with Crippen LogP contribution in [0.15, 0.2) is 6.33 Å². The Hall–Kier alpha value is -2.00. The molecule has 0 fully saturated rings. The quantitative estimate of drug-likeness (QED) is 0.361. The van der Waals surface area contributed by atoms with Crippen LogP contribution in [-0.4, -0.2) is 44.4 Å². The topological polar surface area (TPSA) is 147 Å². The molecule has 88 valence electrons. The second-order valence-corrected chi connectivity index (χ2v) is 2.93. The van der Waals surface area contributed by atoms with Crippen molar-refractivity contribution in [1.82, 2.24) is 9.97 Å². The SMILES string of the molecule is Nc1ncnc(NCC(O)CO)c1[N+](=O)[O-]. The van der Waals surface area contributed by atoms with Gasteiger partial charge in [-0.3, -0.25) is 10.1 Å². The number of nitrogens with one attached hydrogen (secondary N) is 1. The van der Waals surface area contributed by atoms with E-state index in [1.807, 2.05) is 0 Å². The third kappa shape index (κ3) is 2.74. The predicted molar refractivity (Wildman–Crippen MR) is 54.7 cm³/mol. The van der Waals surface area contributed by atoms with Gasteiger partial charge in [-0.25, -0.2) is 9.97 Å². The number of anilines is 2. The second kappa shape index (κ2) is 5.19. The first-order valence-corrected chi connectivity index (χ1v) is 4.34. The molecule has 1 rings (SSSR count). The number of nitrogens with two attached hydrogens (primary N) is 1. The van der Waals surface area contributed by atoms with E-state index >= 15 is 0 Å². The molecule has 1 heterocycles. The average Bonchev–Trinajstić information content (AvgIpc) is 2.25. The first-order chi connectivity index (χ1) is 7.56. The molecule has 0 amide bonds. The van der Waals surface area contributed by atoms with Crippen molar-refractivity contribution < 1.29 is 15.1 Å². The molecule has 0 aliphatic carbocycles. The minimum absolute atomic E-state index is 0.0756. The number of nitrogen functional groups attached to an aromatic ring is 1. The summed E-state index contributed by atoms with van der Waals surface area (Å²) < 4.78 is 0. The van der Waals surface area contributed by atoms with Crippen molar-refractivity contribution in [2.45, 2.75) is 6.10 Å². The molecule has 9 nitrogen and oxygen atoms in total. The Labute approximate surface area is 90.1 Å². The summed E-state index contributed by atoms with van der Waals surface area (Å²) in [6, 6.07) is 0. The lowest BCUT2D eigenvalue weighted by atomic mass is 10.3. The summed E-state index contributed by atoms with van der Waals surface area (Å²) in [6.45, 7) is -0.533. The van der Waals surface area contributed by atoms with Gasteiger partial charge in [-0.15, -0.1) is 0 Å². The summed E-state index contributed by atoms with van der Waals surface area (Å²) in [4.78, 5) is 17.0. The van der Waals surface area contributed by atoms with Crippen molar-refractivity contribution >= 4 is 17.3 Å². The molecule has 0 spiro atoms. The van der Waals surface area contributed by atoms with Gasteiger partial charge in [-0.1, -0.05) is 0 Å². The van der Waals surface area contributed by atoms with Gasteiger partial charge >= 0.3 is 5.69 Å². The molecule has 0 saturated heterocycles. The van der Waals surface area contributed by atoms with Crippen molar-refractivity contribution in [3.05, 3.63) is 16.4 Å². The lowest BCUT2D eigenvalue weighted by Gasteiger charge is -2.09. The average molecular weight is 229 g/mol. The highest BCUT2D eigenvalue weighted by Crippen LogP contribution is 2.25. The number of aromatic nitrogens is 2. The third-order valence-electron chi connectivity index (χ3n) is 1.75. The molecular weight excluding hydrogens is 218 g/mol. The fraction of sp³-hybridized carbons (Fsp3) is 0.429. The molecule has 1 unspecified atom stereocenters. The molecular formula is C7H11N5O4. The zero-order chi connectivity index (χ0) is 12.1. The standard InChI is InChI=1S/C7H11N5O4/c8-6-5(12(15)16)7(11-3-10-6)9-1-4(14)2-13/h3-4,13-14H,1-2H2,(H3,8,9,10,11). The molecule has 9 heteroatoms. The smallest absolute Gasteiger partial charge is 0.352 e. The van der Waals surface area contributed by atoms with E-state index in [9.17, 15) is 10.1 Å². The second-order valence-electron chi connectivity index (χ2n) is 2.93. The van der Waals surface area contributed by atoms with Crippen LogP contribution < -0.4 is 11.1 Å². The number of hydrogen-bond acceptors (Lipinski definition) is 8. The normalized spacial score (nSPS) is 12.1. The maximum Gasteiger partial charge on any atom is 0.352 e. The molecule has 16 heavy (non-hydrogen) atoms. The number of aliphatic hydroxyl groups is 2. The van der Waals surface area contributed by atoms with Crippen LogP contribution in [0, 0.1) is 10.1 Å². The minimum Gasteiger partial charge on any atom is -0.394 e. The Morgan fingerprint density at radius 3 is 2.88 bits per heavy atom. The van der Waals surface area contributed by atoms with Gasteiger partial charge in [0.2, 0.25) is 11.6 Å². The van der Waals surface area contributed by atoms with E-state index in [0.29, 0.717) is 0 Å².